The van der Waals surface area contributed by atoms with E-state index in [2.05, 4.69) is 25.8 Å². The van der Waals surface area contributed by atoms with E-state index in [1.165, 1.54) is 32.1 Å². The molecular weight excluding hydrogens is 160 g/mol. The van der Waals surface area contributed by atoms with Crippen LogP contribution in [-0.2, 0) is 0 Å². The van der Waals surface area contributed by atoms with Crippen LogP contribution in [0, 0.1) is 5.41 Å². The van der Waals surface area contributed by atoms with Crippen molar-refractivity contribution in [1.82, 2.24) is 4.90 Å². The number of rotatable bonds is 0. The van der Waals surface area contributed by atoms with E-state index in [0.717, 1.165) is 0 Å². The van der Waals surface area contributed by atoms with Crippen LogP contribution in [0.2, 0.25) is 0 Å². The molecule has 1 aliphatic heterocycles. The lowest BCUT2D eigenvalue weighted by molar-refractivity contribution is 0.145. The van der Waals surface area contributed by atoms with Gasteiger partial charge in [0, 0.05) is 11.0 Å². The average molecular weight is 182 g/mol. The molecule has 1 saturated carbocycles. The van der Waals surface area contributed by atoms with E-state index in [0.29, 0.717) is 17.1 Å². The summed E-state index contributed by atoms with van der Waals surface area (Å²) in [5.41, 5.74) is 7.09. The normalized spacial score (nSPS) is 37.4. The van der Waals surface area contributed by atoms with Gasteiger partial charge in [0.1, 0.15) is 0 Å². The second-order valence-corrected chi connectivity index (χ2v) is 5.61. The molecule has 1 unspecified atom stereocenters. The highest BCUT2D eigenvalue weighted by molar-refractivity contribution is 5.06. The molecule has 0 amide bonds. The standard InChI is InChI=1S/C11H22N2/c1-10(2)8-11(6-4-5-7-11)9(12)13(10)3/h9H,4-8,12H2,1-3H3. The fraction of sp³-hybridized carbons (Fsp3) is 1.00. The molecule has 2 N–H and O–H groups in total. The van der Waals surface area contributed by atoms with E-state index in [-0.39, 0.29) is 0 Å². The largest absolute Gasteiger partial charge is 0.315 e. The minimum absolute atomic E-state index is 0.296. The van der Waals surface area contributed by atoms with Gasteiger partial charge in [0.15, 0.2) is 0 Å². The Hall–Kier alpha value is -0.0800. The number of likely N-dealkylation sites (tertiary alicyclic amines) is 1. The quantitative estimate of drug-likeness (QED) is 0.620. The summed E-state index contributed by atoms with van der Waals surface area (Å²) in [4.78, 5) is 2.37. The molecule has 0 radical (unpaired) electrons. The summed E-state index contributed by atoms with van der Waals surface area (Å²) in [6, 6.07) is 0. The predicted molar refractivity (Wildman–Crippen MR) is 55.3 cm³/mol. The van der Waals surface area contributed by atoms with E-state index in [4.69, 9.17) is 5.73 Å². The second kappa shape index (κ2) is 2.71. The van der Waals surface area contributed by atoms with Gasteiger partial charge in [-0.3, -0.25) is 4.90 Å². The highest BCUT2D eigenvalue weighted by atomic mass is 15.3. The molecule has 2 fully saturated rings. The zero-order valence-corrected chi connectivity index (χ0v) is 9.14. The molecule has 0 aromatic rings. The smallest absolute Gasteiger partial charge is 0.0632 e. The van der Waals surface area contributed by atoms with Gasteiger partial charge < -0.3 is 5.73 Å². The highest BCUT2D eigenvalue weighted by Crippen LogP contribution is 2.53. The topological polar surface area (TPSA) is 29.3 Å². The van der Waals surface area contributed by atoms with Crippen molar-refractivity contribution in [1.29, 1.82) is 0 Å². The van der Waals surface area contributed by atoms with Crippen LogP contribution in [0.5, 0.6) is 0 Å². The predicted octanol–water partition coefficient (Wildman–Crippen LogP) is 1.95. The first kappa shape index (κ1) is 9.47. The van der Waals surface area contributed by atoms with E-state index in [1.54, 1.807) is 0 Å². The molecule has 2 heteroatoms. The third-order valence-electron chi connectivity index (χ3n) is 4.38. The Kier molecular flexibility index (Phi) is 1.97. The van der Waals surface area contributed by atoms with Gasteiger partial charge in [-0.15, -0.1) is 0 Å². The summed E-state index contributed by atoms with van der Waals surface area (Å²) in [5, 5.41) is 0. The Bertz CT molecular complexity index is 204. The summed E-state index contributed by atoms with van der Waals surface area (Å²) in [7, 11) is 2.18. The summed E-state index contributed by atoms with van der Waals surface area (Å²) >= 11 is 0. The third-order valence-corrected chi connectivity index (χ3v) is 4.38. The molecule has 2 rings (SSSR count). The Balaban J connectivity index is 2.24. The number of nitrogens with zero attached hydrogens (tertiary/aromatic N) is 1. The van der Waals surface area contributed by atoms with Crippen LogP contribution in [-0.4, -0.2) is 23.7 Å². The Labute approximate surface area is 81.5 Å². The van der Waals surface area contributed by atoms with Gasteiger partial charge >= 0.3 is 0 Å². The lowest BCUT2D eigenvalue weighted by Crippen LogP contribution is -2.47. The molecule has 2 nitrogen and oxygen atoms in total. The van der Waals surface area contributed by atoms with Gasteiger partial charge in [0.05, 0.1) is 6.17 Å². The molecule has 1 heterocycles. The van der Waals surface area contributed by atoms with E-state index in [9.17, 15) is 0 Å². The van der Waals surface area contributed by atoms with Crippen molar-refractivity contribution >= 4 is 0 Å². The SMILES string of the molecule is CN1C(N)C2(CCCC2)CC1(C)C. The fourth-order valence-corrected chi connectivity index (χ4v) is 3.43. The summed E-state index contributed by atoms with van der Waals surface area (Å²) in [6.07, 6.45) is 7.06. The first-order valence-corrected chi connectivity index (χ1v) is 5.47. The number of hydrogen-bond donors (Lipinski definition) is 1. The monoisotopic (exact) mass is 182 g/mol. The maximum atomic E-state index is 6.32. The zero-order valence-electron chi connectivity index (χ0n) is 9.14. The van der Waals surface area contributed by atoms with Gasteiger partial charge in [-0.25, -0.2) is 0 Å². The lowest BCUT2D eigenvalue weighted by atomic mass is 9.79. The van der Waals surface area contributed by atoms with Crippen molar-refractivity contribution in [2.24, 2.45) is 11.1 Å². The molecule has 0 aromatic heterocycles. The minimum Gasteiger partial charge on any atom is -0.315 e. The van der Waals surface area contributed by atoms with Crippen molar-refractivity contribution in [2.45, 2.75) is 57.7 Å². The molecule has 13 heavy (non-hydrogen) atoms. The fourth-order valence-electron chi connectivity index (χ4n) is 3.43. The van der Waals surface area contributed by atoms with Crippen molar-refractivity contribution in [3.05, 3.63) is 0 Å². The van der Waals surface area contributed by atoms with Crippen LogP contribution in [0.1, 0.15) is 46.0 Å². The molecule has 1 spiro atoms. The maximum Gasteiger partial charge on any atom is 0.0632 e. The molecule has 1 atom stereocenters. The second-order valence-electron chi connectivity index (χ2n) is 5.61. The maximum absolute atomic E-state index is 6.32. The van der Waals surface area contributed by atoms with Gasteiger partial charge in [0.25, 0.3) is 0 Å². The van der Waals surface area contributed by atoms with Gasteiger partial charge in [-0.1, -0.05) is 12.8 Å². The molecule has 0 aromatic carbocycles. The highest BCUT2D eigenvalue weighted by Gasteiger charge is 2.53. The summed E-state index contributed by atoms with van der Waals surface area (Å²) in [6.45, 7) is 4.64. The van der Waals surface area contributed by atoms with Gasteiger partial charge in [-0.2, -0.15) is 0 Å². The van der Waals surface area contributed by atoms with Crippen LogP contribution < -0.4 is 5.73 Å². The van der Waals surface area contributed by atoms with Crippen LogP contribution in [0.15, 0.2) is 0 Å². The first-order valence-electron chi connectivity index (χ1n) is 5.47. The van der Waals surface area contributed by atoms with E-state index >= 15 is 0 Å². The Morgan fingerprint density at radius 1 is 1.23 bits per heavy atom. The molecule has 1 aliphatic carbocycles. The van der Waals surface area contributed by atoms with Crippen LogP contribution >= 0.6 is 0 Å². The average Bonchev–Trinajstić information content (AvgIpc) is 2.55. The van der Waals surface area contributed by atoms with Crippen LogP contribution in [0.3, 0.4) is 0 Å². The Morgan fingerprint density at radius 2 is 1.77 bits per heavy atom. The summed E-state index contributed by atoms with van der Waals surface area (Å²) in [5.74, 6) is 0. The molecule has 1 saturated heterocycles. The number of nitrogens with two attached hydrogens (primary N) is 1. The van der Waals surface area contributed by atoms with Crippen molar-refractivity contribution in [3.8, 4) is 0 Å². The molecule has 2 aliphatic rings. The van der Waals surface area contributed by atoms with Crippen LogP contribution in [0.25, 0.3) is 0 Å². The summed E-state index contributed by atoms with van der Waals surface area (Å²) < 4.78 is 0. The lowest BCUT2D eigenvalue weighted by Gasteiger charge is -2.31. The molecular formula is C11H22N2. The van der Waals surface area contributed by atoms with Crippen molar-refractivity contribution in [2.75, 3.05) is 7.05 Å². The van der Waals surface area contributed by atoms with Crippen molar-refractivity contribution < 1.29 is 0 Å². The Morgan fingerprint density at radius 3 is 2.15 bits per heavy atom. The first-order chi connectivity index (χ1) is 5.98. The third kappa shape index (κ3) is 1.23. The minimum atomic E-state index is 0.296. The number of hydrogen-bond acceptors (Lipinski definition) is 2. The molecule has 76 valence electrons. The van der Waals surface area contributed by atoms with Gasteiger partial charge in [-0.05, 0) is 40.2 Å². The zero-order chi connectivity index (χ0) is 9.69. The van der Waals surface area contributed by atoms with Crippen LogP contribution in [0.4, 0.5) is 0 Å². The van der Waals surface area contributed by atoms with Gasteiger partial charge in [0.2, 0.25) is 0 Å². The molecule has 0 bridgehead atoms. The van der Waals surface area contributed by atoms with Crippen molar-refractivity contribution in [3.63, 3.8) is 0 Å². The van der Waals surface area contributed by atoms with E-state index in [1.807, 2.05) is 0 Å². The van der Waals surface area contributed by atoms with E-state index < -0.39 is 0 Å².